The molecule has 1 aliphatic heterocycles. The molecule has 0 unspecified atom stereocenters. The van der Waals surface area contributed by atoms with E-state index < -0.39 is 0 Å². The Kier molecular flexibility index (Phi) is 5.44. The summed E-state index contributed by atoms with van der Waals surface area (Å²) in [5.74, 6) is 0.217. The average Bonchev–Trinajstić information content (AvgIpc) is 2.97. The number of thioether (sulfide) groups is 1. The number of hydrogen-bond acceptors (Lipinski definition) is 6. The summed E-state index contributed by atoms with van der Waals surface area (Å²) in [5.41, 5.74) is 3.82. The fraction of sp³-hybridized carbons (Fsp3) is 0.182. The molecule has 4 rings (SSSR count). The maximum atomic E-state index is 13.3. The number of likely N-dealkylation sites (N-methyl/N-ethyl adjacent to an activating group) is 1. The Bertz CT molecular complexity index is 1260. The summed E-state index contributed by atoms with van der Waals surface area (Å²) in [6, 6.07) is 11.9. The number of rotatable bonds is 4. The third-order valence-electron chi connectivity index (χ3n) is 4.85. The Labute approximate surface area is 183 Å². The number of amides is 1. The molecule has 8 heteroatoms. The standard InChI is InChI=1S/C22H20N4O2S2/c1-13-4-7-15(8-5-13)11-23-19-16(10-17-21(28)25(3)22(29)30-17)20(27)26-12-14(2)6-9-18(26)24-19/h4-10,12,23H,11H2,1-3H3/b17-10-. The van der Waals surface area contributed by atoms with E-state index in [2.05, 4.69) is 10.3 Å². The van der Waals surface area contributed by atoms with Crippen molar-refractivity contribution in [2.75, 3.05) is 12.4 Å². The highest BCUT2D eigenvalue weighted by atomic mass is 32.2. The van der Waals surface area contributed by atoms with Gasteiger partial charge in [0.15, 0.2) is 0 Å². The number of nitrogens with one attached hydrogen (secondary N) is 1. The molecule has 152 valence electrons. The van der Waals surface area contributed by atoms with E-state index in [1.165, 1.54) is 26.6 Å². The van der Waals surface area contributed by atoms with Gasteiger partial charge >= 0.3 is 0 Å². The van der Waals surface area contributed by atoms with Crippen LogP contribution < -0.4 is 10.9 Å². The van der Waals surface area contributed by atoms with Crippen LogP contribution in [-0.4, -0.2) is 31.6 Å². The summed E-state index contributed by atoms with van der Waals surface area (Å²) >= 11 is 6.39. The first-order valence-corrected chi connectivity index (χ1v) is 10.6. The van der Waals surface area contributed by atoms with E-state index in [1.807, 2.05) is 50.2 Å². The van der Waals surface area contributed by atoms with Crippen LogP contribution in [0.1, 0.15) is 22.3 Å². The van der Waals surface area contributed by atoms with Gasteiger partial charge in [0.1, 0.15) is 15.8 Å². The number of nitrogens with zero attached hydrogens (tertiary/aromatic N) is 3. The molecule has 1 saturated heterocycles. The maximum Gasteiger partial charge on any atom is 0.267 e. The van der Waals surface area contributed by atoms with Gasteiger partial charge in [-0.1, -0.05) is 59.9 Å². The van der Waals surface area contributed by atoms with Crippen molar-refractivity contribution in [3.63, 3.8) is 0 Å². The minimum absolute atomic E-state index is 0.219. The number of anilines is 1. The van der Waals surface area contributed by atoms with Crippen molar-refractivity contribution in [2.45, 2.75) is 20.4 Å². The predicted octanol–water partition coefficient (Wildman–Crippen LogP) is 3.75. The number of hydrogen-bond donors (Lipinski definition) is 1. The Morgan fingerprint density at radius 1 is 1.10 bits per heavy atom. The number of carbonyl (C=O) groups is 1. The highest BCUT2D eigenvalue weighted by Crippen LogP contribution is 2.31. The second kappa shape index (κ2) is 8.04. The lowest BCUT2D eigenvalue weighted by molar-refractivity contribution is -0.121. The first-order chi connectivity index (χ1) is 14.3. The SMILES string of the molecule is Cc1ccc(CNc2nc3ccc(C)cn3c(=O)c2/C=C2\SC(=S)N(C)C2=O)cc1. The Hall–Kier alpha value is -2.97. The number of carbonyl (C=O) groups excluding carboxylic acids is 1. The van der Waals surface area contributed by atoms with E-state index in [4.69, 9.17) is 12.2 Å². The molecule has 1 aromatic carbocycles. The quantitative estimate of drug-likeness (QED) is 0.496. The van der Waals surface area contributed by atoms with E-state index in [0.717, 1.165) is 11.1 Å². The number of fused-ring (bicyclic) bond motifs is 1. The van der Waals surface area contributed by atoms with Crippen LogP contribution in [0.3, 0.4) is 0 Å². The molecule has 0 saturated carbocycles. The monoisotopic (exact) mass is 436 g/mol. The second-order valence-electron chi connectivity index (χ2n) is 7.19. The minimum Gasteiger partial charge on any atom is -0.365 e. The molecule has 0 bridgehead atoms. The molecular weight excluding hydrogens is 416 g/mol. The van der Waals surface area contributed by atoms with Crippen molar-refractivity contribution in [1.29, 1.82) is 0 Å². The van der Waals surface area contributed by atoms with Gasteiger partial charge in [0, 0.05) is 19.8 Å². The van der Waals surface area contributed by atoms with E-state index in [0.29, 0.717) is 32.8 Å². The minimum atomic E-state index is -0.239. The number of thiocarbonyl (C=S) groups is 1. The number of aryl methyl sites for hydroxylation is 2. The van der Waals surface area contributed by atoms with Crippen LogP contribution in [0, 0.1) is 13.8 Å². The summed E-state index contributed by atoms with van der Waals surface area (Å²) < 4.78 is 1.97. The molecule has 1 amide bonds. The summed E-state index contributed by atoms with van der Waals surface area (Å²) in [6.45, 7) is 4.45. The largest absolute Gasteiger partial charge is 0.365 e. The van der Waals surface area contributed by atoms with Gasteiger partial charge in [0.05, 0.1) is 10.5 Å². The fourth-order valence-electron chi connectivity index (χ4n) is 3.09. The topological polar surface area (TPSA) is 66.7 Å². The Morgan fingerprint density at radius 2 is 1.80 bits per heavy atom. The van der Waals surface area contributed by atoms with Gasteiger partial charge in [-0.05, 0) is 37.1 Å². The number of aromatic nitrogens is 2. The van der Waals surface area contributed by atoms with Crippen LogP contribution in [0.15, 0.2) is 52.3 Å². The van der Waals surface area contributed by atoms with Gasteiger partial charge in [-0.2, -0.15) is 0 Å². The van der Waals surface area contributed by atoms with E-state index >= 15 is 0 Å². The van der Waals surface area contributed by atoms with Crippen LogP contribution in [0.4, 0.5) is 5.82 Å². The highest BCUT2D eigenvalue weighted by molar-refractivity contribution is 8.26. The van der Waals surface area contributed by atoms with Gasteiger partial charge in [-0.15, -0.1) is 0 Å². The summed E-state index contributed by atoms with van der Waals surface area (Å²) in [7, 11) is 1.63. The normalized spacial score (nSPS) is 15.4. The maximum absolute atomic E-state index is 13.3. The molecule has 3 aromatic rings. The van der Waals surface area contributed by atoms with Crippen LogP contribution in [0.25, 0.3) is 11.7 Å². The van der Waals surface area contributed by atoms with E-state index in [-0.39, 0.29) is 11.5 Å². The molecule has 1 aliphatic rings. The first-order valence-electron chi connectivity index (χ1n) is 9.37. The summed E-state index contributed by atoms with van der Waals surface area (Å²) in [6.07, 6.45) is 3.33. The molecule has 0 atom stereocenters. The van der Waals surface area contributed by atoms with Crippen molar-refractivity contribution in [3.05, 3.63) is 80.1 Å². The zero-order valence-electron chi connectivity index (χ0n) is 16.8. The average molecular weight is 437 g/mol. The second-order valence-corrected chi connectivity index (χ2v) is 8.87. The van der Waals surface area contributed by atoms with Gasteiger partial charge in [0.2, 0.25) is 0 Å². The molecule has 3 heterocycles. The first kappa shape index (κ1) is 20.3. The predicted molar refractivity (Wildman–Crippen MR) is 126 cm³/mol. The molecule has 6 nitrogen and oxygen atoms in total. The van der Waals surface area contributed by atoms with E-state index in [9.17, 15) is 9.59 Å². The number of pyridine rings is 1. The van der Waals surface area contributed by atoms with Crippen LogP contribution >= 0.6 is 24.0 Å². The van der Waals surface area contributed by atoms with E-state index in [1.54, 1.807) is 19.3 Å². The van der Waals surface area contributed by atoms with Crippen molar-refractivity contribution >= 4 is 51.7 Å². The van der Waals surface area contributed by atoms with Gasteiger partial charge in [-0.25, -0.2) is 4.98 Å². The summed E-state index contributed by atoms with van der Waals surface area (Å²) in [5, 5.41) is 3.27. The van der Waals surface area contributed by atoms with Crippen molar-refractivity contribution in [3.8, 4) is 0 Å². The third-order valence-corrected chi connectivity index (χ3v) is 6.33. The smallest absolute Gasteiger partial charge is 0.267 e. The molecule has 0 aliphatic carbocycles. The molecule has 1 fully saturated rings. The molecule has 30 heavy (non-hydrogen) atoms. The van der Waals surface area contributed by atoms with Crippen molar-refractivity contribution in [2.24, 2.45) is 0 Å². The van der Waals surface area contributed by atoms with Gasteiger partial charge in [0.25, 0.3) is 11.5 Å². The molecule has 0 radical (unpaired) electrons. The Balaban J connectivity index is 1.81. The lowest BCUT2D eigenvalue weighted by Gasteiger charge is -2.12. The zero-order valence-corrected chi connectivity index (χ0v) is 18.4. The van der Waals surface area contributed by atoms with Gasteiger partial charge < -0.3 is 5.32 Å². The lowest BCUT2D eigenvalue weighted by Crippen LogP contribution is -2.23. The molecular formula is C22H20N4O2S2. The highest BCUT2D eigenvalue weighted by Gasteiger charge is 2.29. The fourth-order valence-corrected chi connectivity index (χ4v) is 4.25. The van der Waals surface area contributed by atoms with Crippen molar-refractivity contribution in [1.82, 2.24) is 14.3 Å². The molecule has 2 aromatic heterocycles. The molecule has 0 spiro atoms. The molecule has 1 N–H and O–H groups in total. The van der Waals surface area contributed by atoms with Crippen LogP contribution in [0.2, 0.25) is 0 Å². The van der Waals surface area contributed by atoms with Gasteiger partial charge in [-0.3, -0.25) is 18.9 Å². The third kappa shape index (κ3) is 3.88. The van der Waals surface area contributed by atoms with Crippen molar-refractivity contribution < 1.29 is 4.79 Å². The Morgan fingerprint density at radius 3 is 2.47 bits per heavy atom. The summed E-state index contributed by atoms with van der Waals surface area (Å²) in [4.78, 5) is 32.2. The van der Waals surface area contributed by atoms with Crippen LogP contribution in [0.5, 0.6) is 0 Å². The zero-order chi connectivity index (χ0) is 21.4. The number of benzene rings is 1. The lowest BCUT2D eigenvalue weighted by atomic mass is 10.1. The van der Waals surface area contributed by atoms with Crippen LogP contribution in [-0.2, 0) is 11.3 Å².